The van der Waals surface area contributed by atoms with Crippen LogP contribution in [0.4, 0.5) is 0 Å². The van der Waals surface area contributed by atoms with Crippen molar-refractivity contribution in [3.8, 4) is 0 Å². The van der Waals surface area contributed by atoms with Gasteiger partial charge in [-0.3, -0.25) is 9.59 Å². The maximum atomic E-state index is 12.3. The fourth-order valence-corrected chi connectivity index (χ4v) is 2.29. The standard InChI is InChI=1S/C15H21N3O2.ClH/c1-2-7-17-14(19)11-4-3-5-12(9-11)15(20)18-8-6-13(16)10-18;/h3-5,9,13H,2,6-8,10,16H2,1H3,(H,17,19);1H/t13-;/m1./s1. The minimum absolute atomic E-state index is 0. The summed E-state index contributed by atoms with van der Waals surface area (Å²) in [6, 6.07) is 6.91. The summed E-state index contributed by atoms with van der Waals surface area (Å²) in [4.78, 5) is 26.0. The van der Waals surface area contributed by atoms with Crippen molar-refractivity contribution < 1.29 is 9.59 Å². The van der Waals surface area contributed by atoms with E-state index >= 15 is 0 Å². The molecule has 1 atom stereocenters. The van der Waals surface area contributed by atoms with Gasteiger partial charge >= 0.3 is 0 Å². The lowest BCUT2D eigenvalue weighted by Gasteiger charge is -2.16. The van der Waals surface area contributed by atoms with Gasteiger partial charge in [0.25, 0.3) is 11.8 Å². The Morgan fingerprint density at radius 2 is 2.10 bits per heavy atom. The Kier molecular flexibility index (Phi) is 6.65. The van der Waals surface area contributed by atoms with Crippen molar-refractivity contribution in [2.75, 3.05) is 19.6 Å². The first kappa shape index (κ1) is 17.5. The van der Waals surface area contributed by atoms with Crippen molar-refractivity contribution in [3.05, 3.63) is 35.4 Å². The molecule has 0 saturated carbocycles. The van der Waals surface area contributed by atoms with Crippen LogP contribution in [0.25, 0.3) is 0 Å². The van der Waals surface area contributed by atoms with Gasteiger partial charge in [0.2, 0.25) is 0 Å². The van der Waals surface area contributed by atoms with Crippen molar-refractivity contribution in [2.24, 2.45) is 5.73 Å². The number of halogens is 1. The highest BCUT2D eigenvalue weighted by atomic mass is 35.5. The number of nitrogens with one attached hydrogen (secondary N) is 1. The second-order valence-electron chi connectivity index (χ2n) is 5.14. The van der Waals surface area contributed by atoms with E-state index in [9.17, 15) is 9.59 Å². The molecule has 0 spiro atoms. The number of hydrogen-bond acceptors (Lipinski definition) is 3. The number of carbonyl (C=O) groups excluding carboxylic acids is 2. The van der Waals surface area contributed by atoms with Crippen LogP contribution in [-0.2, 0) is 0 Å². The Bertz CT molecular complexity index is 507. The third-order valence-corrected chi connectivity index (χ3v) is 3.42. The second-order valence-corrected chi connectivity index (χ2v) is 5.14. The fraction of sp³-hybridized carbons (Fsp3) is 0.467. The number of nitrogens with two attached hydrogens (primary N) is 1. The van der Waals surface area contributed by atoms with E-state index in [1.165, 1.54) is 0 Å². The van der Waals surface area contributed by atoms with Crippen LogP contribution in [0.1, 0.15) is 40.5 Å². The topological polar surface area (TPSA) is 75.4 Å². The number of nitrogens with zero attached hydrogens (tertiary/aromatic N) is 1. The molecule has 1 saturated heterocycles. The molecule has 116 valence electrons. The molecule has 21 heavy (non-hydrogen) atoms. The molecule has 1 aromatic rings. The second kappa shape index (κ2) is 8.00. The summed E-state index contributed by atoms with van der Waals surface area (Å²) < 4.78 is 0. The summed E-state index contributed by atoms with van der Waals surface area (Å²) >= 11 is 0. The zero-order chi connectivity index (χ0) is 14.5. The average Bonchev–Trinajstić information content (AvgIpc) is 2.90. The molecule has 0 radical (unpaired) electrons. The predicted molar refractivity (Wildman–Crippen MR) is 84.8 cm³/mol. The third-order valence-electron chi connectivity index (χ3n) is 3.42. The first-order valence-corrected chi connectivity index (χ1v) is 7.05. The van der Waals surface area contributed by atoms with Crippen LogP contribution in [0.15, 0.2) is 24.3 Å². The van der Waals surface area contributed by atoms with E-state index < -0.39 is 0 Å². The zero-order valence-corrected chi connectivity index (χ0v) is 13.0. The molecular weight excluding hydrogens is 290 g/mol. The van der Waals surface area contributed by atoms with Gasteiger partial charge in [-0.15, -0.1) is 12.4 Å². The Morgan fingerprint density at radius 3 is 2.71 bits per heavy atom. The number of benzene rings is 1. The van der Waals surface area contributed by atoms with E-state index in [-0.39, 0.29) is 30.3 Å². The van der Waals surface area contributed by atoms with E-state index in [0.717, 1.165) is 12.8 Å². The lowest BCUT2D eigenvalue weighted by molar-refractivity contribution is 0.0791. The van der Waals surface area contributed by atoms with Gasteiger partial charge < -0.3 is 16.0 Å². The molecular formula is C15H22ClN3O2. The molecule has 0 aromatic heterocycles. The maximum Gasteiger partial charge on any atom is 0.253 e. The smallest absolute Gasteiger partial charge is 0.253 e. The van der Waals surface area contributed by atoms with Crippen LogP contribution in [0.2, 0.25) is 0 Å². The predicted octanol–water partition coefficient (Wildman–Crippen LogP) is 1.42. The number of rotatable bonds is 4. The van der Waals surface area contributed by atoms with Crippen molar-refractivity contribution in [2.45, 2.75) is 25.8 Å². The molecule has 1 fully saturated rings. The van der Waals surface area contributed by atoms with Crippen LogP contribution in [0.5, 0.6) is 0 Å². The van der Waals surface area contributed by atoms with E-state index in [1.807, 2.05) is 6.92 Å². The maximum absolute atomic E-state index is 12.3. The van der Waals surface area contributed by atoms with E-state index in [1.54, 1.807) is 29.2 Å². The molecule has 3 N–H and O–H groups in total. The van der Waals surface area contributed by atoms with Crippen molar-refractivity contribution in [1.82, 2.24) is 10.2 Å². The lowest BCUT2D eigenvalue weighted by Crippen LogP contribution is -2.32. The molecule has 1 aromatic carbocycles. The molecule has 2 amide bonds. The normalized spacial score (nSPS) is 17.2. The first-order valence-electron chi connectivity index (χ1n) is 7.05. The number of hydrogen-bond donors (Lipinski definition) is 2. The van der Waals surface area contributed by atoms with Gasteiger partial charge in [0, 0.05) is 36.8 Å². The van der Waals surface area contributed by atoms with E-state index in [2.05, 4.69) is 5.32 Å². The molecule has 0 unspecified atom stereocenters. The molecule has 1 aliphatic heterocycles. The SMILES string of the molecule is CCCNC(=O)c1cccc(C(=O)N2CC[C@@H](N)C2)c1.Cl. The number of amides is 2. The first-order chi connectivity index (χ1) is 9.61. The fourth-order valence-electron chi connectivity index (χ4n) is 2.29. The summed E-state index contributed by atoms with van der Waals surface area (Å²) in [6.45, 7) is 3.91. The number of carbonyl (C=O) groups is 2. The monoisotopic (exact) mass is 311 g/mol. The highest BCUT2D eigenvalue weighted by molar-refractivity contribution is 5.99. The van der Waals surface area contributed by atoms with Crippen molar-refractivity contribution >= 4 is 24.2 Å². The minimum atomic E-state index is -0.139. The van der Waals surface area contributed by atoms with Gasteiger partial charge in [0.1, 0.15) is 0 Å². The van der Waals surface area contributed by atoms with Crippen LogP contribution < -0.4 is 11.1 Å². The molecule has 5 nitrogen and oxygen atoms in total. The molecule has 2 rings (SSSR count). The Hall–Kier alpha value is -1.59. The average molecular weight is 312 g/mol. The zero-order valence-electron chi connectivity index (χ0n) is 12.2. The Labute approximate surface area is 131 Å². The Balaban J connectivity index is 0.00000220. The molecule has 0 bridgehead atoms. The van der Waals surface area contributed by atoms with Crippen LogP contribution in [-0.4, -0.2) is 42.4 Å². The Morgan fingerprint density at radius 1 is 1.38 bits per heavy atom. The van der Waals surface area contributed by atoms with Crippen LogP contribution in [0.3, 0.4) is 0 Å². The van der Waals surface area contributed by atoms with Crippen LogP contribution >= 0.6 is 12.4 Å². The van der Waals surface area contributed by atoms with E-state index in [4.69, 9.17) is 5.73 Å². The summed E-state index contributed by atoms with van der Waals surface area (Å²) in [5, 5.41) is 2.81. The summed E-state index contributed by atoms with van der Waals surface area (Å²) in [7, 11) is 0. The van der Waals surface area contributed by atoms with Crippen LogP contribution in [0, 0.1) is 0 Å². The molecule has 0 aliphatic carbocycles. The molecule has 6 heteroatoms. The quantitative estimate of drug-likeness (QED) is 0.883. The number of likely N-dealkylation sites (tertiary alicyclic amines) is 1. The highest BCUT2D eigenvalue weighted by Gasteiger charge is 2.24. The van der Waals surface area contributed by atoms with Gasteiger partial charge in [-0.05, 0) is 31.0 Å². The van der Waals surface area contributed by atoms with Gasteiger partial charge in [-0.2, -0.15) is 0 Å². The lowest BCUT2D eigenvalue weighted by atomic mass is 10.1. The van der Waals surface area contributed by atoms with Gasteiger partial charge in [-0.1, -0.05) is 13.0 Å². The van der Waals surface area contributed by atoms with Gasteiger partial charge in [0.15, 0.2) is 0 Å². The van der Waals surface area contributed by atoms with Crippen molar-refractivity contribution in [1.29, 1.82) is 0 Å². The summed E-state index contributed by atoms with van der Waals surface area (Å²) in [5.74, 6) is -0.192. The van der Waals surface area contributed by atoms with Gasteiger partial charge in [0.05, 0.1) is 0 Å². The van der Waals surface area contributed by atoms with Gasteiger partial charge in [-0.25, -0.2) is 0 Å². The van der Waals surface area contributed by atoms with Crippen molar-refractivity contribution in [3.63, 3.8) is 0 Å². The minimum Gasteiger partial charge on any atom is -0.352 e. The summed E-state index contributed by atoms with van der Waals surface area (Å²) in [6.07, 6.45) is 1.72. The summed E-state index contributed by atoms with van der Waals surface area (Å²) in [5.41, 5.74) is 6.88. The molecule has 1 heterocycles. The third kappa shape index (κ3) is 4.44. The molecule has 1 aliphatic rings. The van der Waals surface area contributed by atoms with E-state index in [0.29, 0.717) is 30.8 Å². The highest BCUT2D eigenvalue weighted by Crippen LogP contribution is 2.13. The largest absolute Gasteiger partial charge is 0.352 e.